The Labute approximate surface area is 97.2 Å². The molecule has 0 aliphatic rings. The molecule has 0 amide bonds. The van der Waals surface area contributed by atoms with Crippen LogP contribution in [0.3, 0.4) is 0 Å². The minimum atomic E-state index is -0.216. The molecule has 0 bridgehead atoms. The summed E-state index contributed by atoms with van der Waals surface area (Å²) < 4.78 is 5.37. The standard InChI is InChI=1S/C11H13BrO3/c1-15-11(14)4-2-3-8-5-6-9(12)7-10(8)13/h5-7,13H,2-4H2,1H3. The molecular formula is C11H13BrO3. The Morgan fingerprint density at radius 1 is 1.53 bits per heavy atom. The number of ether oxygens (including phenoxy) is 1. The van der Waals surface area contributed by atoms with Gasteiger partial charge < -0.3 is 9.84 Å². The number of methoxy groups -OCH3 is 1. The summed E-state index contributed by atoms with van der Waals surface area (Å²) in [4.78, 5) is 10.8. The SMILES string of the molecule is COC(=O)CCCc1ccc(Br)cc1O. The molecule has 1 rings (SSSR count). The molecule has 0 spiro atoms. The number of aromatic hydroxyl groups is 1. The second kappa shape index (κ2) is 5.75. The molecule has 0 saturated carbocycles. The maximum Gasteiger partial charge on any atom is 0.305 e. The van der Waals surface area contributed by atoms with Crippen LogP contribution in [0.15, 0.2) is 22.7 Å². The van der Waals surface area contributed by atoms with E-state index in [1.807, 2.05) is 12.1 Å². The maximum absolute atomic E-state index is 10.8. The minimum absolute atomic E-state index is 0.216. The average Bonchev–Trinajstić information content (AvgIpc) is 2.21. The van der Waals surface area contributed by atoms with Gasteiger partial charge in [-0.25, -0.2) is 0 Å². The van der Waals surface area contributed by atoms with E-state index in [0.29, 0.717) is 19.3 Å². The van der Waals surface area contributed by atoms with Crippen LogP contribution < -0.4 is 0 Å². The van der Waals surface area contributed by atoms with E-state index in [9.17, 15) is 9.90 Å². The minimum Gasteiger partial charge on any atom is -0.508 e. The Morgan fingerprint density at radius 3 is 2.87 bits per heavy atom. The molecule has 1 N–H and O–H groups in total. The third-order valence-corrected chi connectivity index (χ3v) is 2.60. The zero-order valence-electron chi connectivity index (χ0n) is 8.50. The van der Waals surface area contributed by atoms with Crippen molar-refractivity contribution >= 4 is 21.9 Å². The first-order valence-corrected chi connectivity index (χ1v) is 5.47. The van der Waals surface area contributed by atoms with E-state index in [-0.39, 0.29) is 11.7 Å². The van der Waals surface area contributed by atoms with Gasteiger partial charge in [0.1, 0.15) is 5.75 Å². The van der Waals surface area contributed by atoms with E-state index >= 15 is 0 Å². The van der Waals surface area contributed by atoms with Crippen LogP contribution in [-0.2, 0) is 16.0 Å². The van der Waals surface area contributed by atoms with E-state index in [4.69, 9.17) is 0 Å². The summed E-state index contributed by atoms with van der Waals surface area (Å²) in [6.45, 7) is 0. The van der Waals surface area contributed by atoms with Crippen LogP contribution in [0.25, 0.3) is 0 Å². The topological polar surface area (TPSA) is 46.5 Å². The van der Waals surface area contributed by atoms with Gasteiger partial charge in [-0.05, 0) is 30.5 Å². The molecule has 0 heterocycles. The molecule has 15 heavy (non-hydrogen) atoms. The number of hydrogen-bond donors (Lipinski definition) is 1. The van der Waals surface area contributed by atoms with Gasteiger partial charge in [0.2, 0.25) is 0 Å². The lowest BCUT2D eigenvalue weighted by atomic mass is 10.1. The number of esters is 1. The fourth-order valence-corrected chi connectivity index (χ4v) is 1.62. The normalized spacial score (nSPS) is 10.0. The lowest BCUT2D eigenvalue weighted by molar-refractivity contribution is -0.140. The number of phenols is 1. The number of hydrogen-bond acceptors (Lipinski definition) is 3. The first kappa shape index (κ1) is 12.0. The predicted octanol–water partition coefficient (Wildman–Crippen LogP) is 2.65. The molecule has 0 radical (unpaired) electrons. The molecule has 0 aromatic heterocycles. The Hall–Kier alpha value is -1.03. The predicted molar refractivity (Wildman–Crippen MR) is 60.8 cm³/mol. The highest BCUT2D eigenvalue weighted by Crippen LogP contribution is 2.23. The first-order chi connectivity index (χ1) is 7.13. The molecule has 0 aliphatic carbocycles. The van der Waals surface area contributed by atoms with E-state index in [1.165, 1.54) is 7.11 Å². The van der Waals surface area contributed by atoms with Crippen molar-refractivity contribution in [1.82, 2.24) is 0 Å². The zero-order valence-corrected chi connectivity index (χ0v) is 10.1. The number of rotatable bonds is 4. The molecule has 4 heteroatoms. The van der Waals surface area contributed by atoms with Crippen molar-refractivity contribution in [2.24, 2.45) is 0 Å². The van der Waals surface area contributed by atoms with Crippen LogP contribution in [0.4, 0.5) is 0 Å². The largest absolute Gasteiger partial charge is 0.508 e. The second-order valence-electron chi connectivity index (χ2n) is 3.20. The molecule has 1 aromatic carbocycles. The summed E-state index contributed by atoms with van der Waals surface area (Å²) in [5.41, 5.74) is 0.849. The highest BCUT2D eigenvalue weighted by atomic mass is 79.9. The molecule has 0 unspecified atom stereocenters. The molecule has 82 valence electrons. The van der Waals surface area contributed by atoms with Crippen molar-refractivity contribution in [3.63, 3.8) is 0 Å². The molecular weight excluding hydrogens is 260 g/mol. The Kier molecular flexibility index (Phi) is 4.62. The van der Waals surface area contributed by atoms with Gasteiger partial charge in [0.15, 0.2) is 0 Å². The van der Waals surface area contributed by atoms with Crippen molar-refractivity contribution in [3.8, 4) is 5.75 Å². The van der Waals surface area contributed by atoms with Crippen LogP contribution in [0.5, 0.6) is 5.75 Å². The highest BCUT2D eigenvalue weighted by Gasteiger charge is 2.04. The van der Waals surface area contributed by atoms with Gasteiger partial charge >= 0.3 is 5.97 Å². The van der Waals surface area contributed by atoms with E-state index in [0.717, 1.165) is 10.0 Å². The number of halogens is 1. The van der Waals surface area contributed by atoms with Crippen molar-refractivity contribution in [2.45, 2.75) is 19.3 Å². The number of phenolic OH excluding ortho intramolecular Hbond substituents is 1. The van der Waals surface area contributed by atoms with Crippen LogP contribution in [0, 0.1) is 0 Å². The van der Waals surface area contributed by atoms with Crippen molar-refractivity contribution in [3.05, 3.63) is 28.2 Å². The number of carbonyl (C=O) groups excluding carboxylic acids is 1. The van der Waals surface area contributed by atoms with Crippen LogP contribution in [0.1, 0.15) is 18.4 Å². The second-order valence-corrected chi connectivity index (χ2v) is 4.12. The monoisotopic (exact) mass is 272 g/mol. The molecule has 1 aromatic rings. The third-order valence-electron chi connectivity index (χ3n) is 2.10. The Morgan fingerprint density at radius 2 is 2.27 bits per heavy atom. The van der Waals surface area contributed by atoms with Gasteiger partial charge in [-0.15, -0.1) is 0 Å². The lowest BCUT2D eigenvalue weighted by Gasteiger charge is -2.04. The number of carbonyl (C=O) groups is 1. The Bertz CT molecular complexity index is 350. The third kappa shape index (κ3) is 3.91. The first-order valence-electron chi connectivity index (χ1n) is 4.67. The van der Waals surface area contributed by atoms with Gasteiger partial charge in [-0.2, -0.15) is 0 Å². The van der Waals surface area contributed by atoms with E-state index in [1.54, 1.807) is 6.07 Å². The molecule has 3 nitrogen and oxygen atoms in total. The van der Waals surface area contributed by atoms with Crippen LogP contribution in [0.2, 0.25) is 0 Å². The number of benzene rings is 1. The maximum atomic E-state index is 10.8. The van der Waals surface area contributed by atoms with Crippen LogP contribution in [-0.4, -0.2) is 18.2 Å². The van der Waals surface area contributed by atoms with E-state index in [2.05, 4.69) is 20.7 Å². The summed E-state index contributed by atoms with van der Waals surface area (Å²) in [6.07, 6.45) is 1.74. The van der Waals surface area contributed by atoms with Crippen LogP contribution >= 0.6 is 15.9 Å². The summed E-state index contributed by atoms with van der Waals surface area (Å²) in [6, 6.07) is 5.36. The van der Waals surface area contributed by atoms with Crippen molar-refractivity contribution in [2.75, 3.05) is 7.11 Å². The summed E-state index contributed by atoms with van der Waals surface area (Å²) >= 11 is 3.26. The fourth-order valence-electron chi connectivity index (χ4n) is 1.27. The summed E-state index contributed by atoms with van der Waals surface area (Å²) in [5.74, 6) is 0.0424. The van der Waals surface area contributed by atoms with E-state index < -0.39 is 0 Å². The van der Waals surface area contributed by atoms with Gasteiger partial charge in [0, 0.05) is 10.9 Å². The lowest BCUT2D eigenvalue weighted by Crippen LogP contribution is -2.00. The smallest absolute Gasteiger partial charge is 0.305 e. The summed E-state index contributed by atoms with van der Waals surface area (Å²) in [5, 5.41) is 9.57. The fraction of sp³-hybridized carbons (Fsp3) is 0.364. The molecule has 0 aliphatic heterocycles. The van der Waals surface area contributed by atoms with Gasteiger partial charge in [0.05, 0.1) is 7.11 Å². The van der Waals surface area contributed by atoms with Crippen molar-refractivity contribution < 1.29 is 14.6 Å². The summed E-state index contributed by atoms with van der Waals surface area (Å²) in [7, 11) is 1.37. The number of aryl methyl sites for hydroxylation is 1. The van der Waals surface area contributed by atoms with Crippen molar-refractivity contribution in [1.29, 1.82) is 0 Å². The molecule has 0 saturated heterocycles. The molecule has 0 atom stereocenters. The Balaban J connectivity index is 2.47. The molecule has 0 fully saturated rings. The van der Waals surface area contributed by atoms with Gasteiger partial charge in [-0.3, -0.25) is 4.79 Å². The van der Waals surface area contributed by atoms with Gasteiger partial charge in [-0.1, -0.05) is 22.0 Å². The quantitative estimate of drug-likeness (QED) is 0.858. The zero-order chi connectivity index (χ0) is 11.3. The van der Waals surface area contributed by atoms with Gasteiger partial charge in [0.25, 0.3) is 0 Å². The highest BCUT2D eigenvalue weighted by molar-refractivity contribution is 9.10. The average molecular weight is 273 g/mol.